The van der Waals surface area contributed by atoms with Crippen LogP contribution >= 0.6 is 0 Å². The summed E-state index contributed by atoms with van der Waals surface area (Å²) in [6.45, 7) is 8.17. The summed E-state index contributed by atoms with van der Waals surface area (Å²) in [5, 5.41) is -0.437. The number of rotatable bonds is 5. The maximum atomic E-state index is 12.6. The molecular weight excluding hydrogens is 508 g/mol. The predicted molar refractivity (Wildman–Crippen MR) is 139 cm³/mol. The van der Waals surface area contributed by atoms with Crippen molar-refractivity contribution < 1.29 is 26.5 Å². The molecule has 0 radical (unpaired) electrons. The van der Waals surface area contributed by atoms with Crippen LogP contribution in [-0.4, -0.2) is 59.6 Å². The molecule has 4 rings (SSSR count). The second kappa shape index (κ2) is 12.3. The summed E-state index contributed by atoms with van der Waals surface area (Å²) < 4.78 is 71.5. The molecule has 2 atom stereocenters. The second-order valence-corrected chi connectivity index (χ2v) is 10.7. The van der Waals surface area contributed by atoms with Gasteiger partial charge >= 0.3 is 6.18 Å². The summed E-state index contributed by atoms with van der Waals surface area (Å²) in [5.74, 6) is -0.0972. The van der Waals surface area contributed by atoms with Gasteiger partial charge in [-0.25, -0.2) is 8.60 Å². The van der Waals surface area contributed by atoms with Gasteiger partial charge in [-0.3, -0.25) is 4.90 Å². The Bertz CT molecular complexity index is 1080. The lowest BCUT2D eigenvalue weighted by Crippen LogP contribution is -2.47. The minimum atomic E-state index is -4.11. The van der Waals surface area contributed by atoms with Crippen LogP contribution in [0, 0.1) is 5.82 Å². The highest BCUT2D eigenvalue weighted by Gasteiger charge is 2.42. The van der Waals surface area contributed by atoms with Crippen LogP contribution in [0.1, 0.15) is 43.6 Å². The molecule has 0 saturated carbocycles. The molecule has 0 bridgehead atoms. The van der Waals surface area contributed by atoms with Crippen molar-refractivity contribution in [2.75, 3.05) is 37.6 Å². The number of anilines is 1. The van der Waals surface area contributed by atoms with Gasteiger partial charge in [0, 0.05) is 38.4 Å². The van der Waals surface area contributed by atoms with Crippen LogP contribution in [0.4, 0.5) is 23.2 Å². The number of halogens is 4. The molecule has 2 aliphatic rings. The average Bonchev–Trinajstić information content (AvgIpc) is 2.83. The van der Waals surface area contributed by atoms with Crippen LogP contribution < -0.4 is 10.6 Å². The Morgan fingerprint density at radius 3 is 2.22 bits per heavy atom. The lowest BCUT2D eigenvalue weighted by atomic mass is 9.97. The van der Waals surface area contributed by atoms with Crippen molar-refractivity contribution in [2.24, 2.45) is 10.1 Å². The molecule has 1 saturated heterocycles. The molecule has 204 valence electrons. The Balaban J connectivity index is 0.000000356. The number of piperazine rings is 1. The first kappa shape index (κ1) is 28.9. The zero-order valence-corrected chi connectivity index (χ0v) is 22.1. The van der Waals surface area contributed by atoms with E-state index >= 15 is 0 Å². The minimum absolute atomic E-state index is 0.0442. The first-order chi connectivity index (χ1) is 17.4. The highest BCUT2D eigenvalue weighted by atomic mass is 32.2. The van der Waals surface area contributed by atoms with E-state index in [9.17, 15) is 21.8 Å². The van der Waals surface area contributed by atoms with E-state index in [4.69, 9.17) is 10.5 Å². The molecule has 2 heterocycles. The van der Waals surface area contributed by atoms with E-state index < -0.39 is 34.4 Å². The Kier molecular flexibility index (Phi) is 9.57. The fourth-order valence-electron chi connectivity index (χ4n) is 4.40. The van der Waals surface area contributed by atoms with Gasteiger partial charge in [0.2, 0.25) is 0 Å². The van der Waals surface area contributed by atoms with Gasteiger partial charge in [0.05, 0.1) is 6.42 Å². The van der Waals surface area contributed by atoms with E-state index in [1.807, 2.05) is 56.0 Å². The topological polar surface area (TPSA) is 71.2 Å². The number of nitrogens with zero attached hydrogens (tertiary/aromatic N) is 3. The minimum Gasteiger partial charge on any atom is -0.457 e. The number of nitrogens with two attached hydrogens (primary N) is 1. The van der Waals surface area contributed by atoms with Crippen LogP contribution in [0.25, 0.3) is 0 Å². The van der Waals surface area contributed by atoms with Crippen molar-refractivity contribution in [3.05, 3.63) is 65.5 Å². The fraction of sp³-hybridized carbons (Fsp3) is 0.500. The van der Waals surface area contributed by atoms with Gasteiger partial charge < -0.3 is 15.4 Å². The molecule has 2 aliphatic heterocycles. The van der Waals surface area contributed by atoms with E-state index in [1.165, 1.54) is 6.07 Å². The van der Waals surface area contributed by atoms with E-state index in [0.29, 0.717) is 26.2 Å². The highest BCUT2D eigenvalue weighted by Crippen LogP contribution is 2.38. The molecule has 0 amide bonds. The van der Waals surface area contributed by atoms with Gasteiger partial charge in [0.1, 0.15) is 16.7 Å². The maximum absolute atomic E-state index is 12.6. The summed E-state index contributed by atoms with van der Waals surface area (Å²) >= 11 is 0. The Hall–Kier alpha value is -2.66. The van der Waals surface area contributed by atoms with E-state index in [1.54, 1.807) is 12.1 Å². The lowest BCUT2D eigenvalue weighted by molar-refractivity contribution is -0.138. The number of ether oxygens (including phenoxy) is 1. The molecule has 37 heavy (non-hydrogen) atoms. The first-order valence-electron chi connectivity index (χ1n) is 12.2. The third-order valence-electron chi connectivity index (χ3n) is 6.36. The zero-order chi connectivity index (χ0) is 27.2. The Labute approximate surface area is 218 Å². The van der Waals surface area contributed by atoms with Gasteiger partial charge in [0.25, 0.3) is 6.02 Å². The molecule has 2 aromatic carbocycles. The van der Waals surface area contributed by atoms with E-state index in [-0.39, 0.29) is 18.4 Å². The number of amidine groups is 1. The SMILES string of the molecule is CC1(C)OC(N)=NS(=O)C1c1ccc(N2CCN(CCC(F)(F)F)CC2)cc1.CCc1ccccc1F. The van der Waals surface area contributed by atoms with Crippen LogP contribution in [0.5, 0.6) is 0 Å². The molecule has 2 N–H and O–H groups in total. The normalized spacial score (nSPS) is 21.9. The van der Waals surface area contributed by atoms with E-state index in [0.717, 1.165) is 23.2 Å². The number of aryl methyl sites for hydroxylation is 1. The standard InChI is InChI=1S/C18H25F3N4O2S.C8H9F/c1-17(2)15(28(26)23-16(22)27-17)13-3-5-14(6-4-13)25-11-9-24(10-12-25)8-7-18(19,20)21;1-2-7-5-3-4-6-8(7)9/h3-6,15H,7-12H2,1-2H3,(H2,22,23);3-6H,2H2,1H3. The van der Waals surface area contributed by atoms with Crippen LogP contribution in [0.3, 0.4) is 0 Å². The monoisotopic (exact) mass is 542 g/mol. The quantitative estimate of drug-likeness (QED) is 0.540. The molecule has 0 aliphatic carbocycles. The summed E-state index contributed by atoms with van der Waals surface area (Å²) in [6.07, 6.45) is -4.11. The van der Waals surface area contributed by atoms with Crippen LogP contribution in [-0.2, 0) is 22.1 Å². The summed E-state index contributed by atoms with van der Waals surface area (Å²) in [6, 6.07) is 14.4. The van der Waals surface area contributed by atoms with E-state index in [2.05, 4.69) is 9.30 Å². The van der Waals surface area contributed by atoms with Gasteiger partial charge in [-0.15, -0.1) is 4.40 Å². The molecule has 2 aromatic rings. The van der Waals surface area contributed by atoms with Crippen molar-refractivity contribution in [3.8, 4) is 0 Å². The maximum Gasteiger partial charge on any atom is 0.390 e. The Morgan fingerprint density at radius 1 is 1.08 bits per heavy atom. The van der Waals surface area contributed by atoms with Crippen molar-refractivity contribution in [1.29, 1.82) is 0 Å². The van der Waals surface area contributed by atoms with Crippen LogP contribution in [0.15, 0.2) is 52.9 Å². The van der Waals surface area contributed by atoms with Gasteiger partial charge in [-0.05, 0) is 49.6 Å². The third kappa shape index (κ3) is 8.16. The fourth-order valence-corrected chi connectivity index (χ4v) is 5.65. The van der Waals surface area contributed by atoms with Crippen molar-refractivity contribution in [2.45, 2.75) is 50.6 Å². The predicted octanol–water partition coefficient (Wildman–Crippen LogP) is 4.98. The molecular formula is C26H34F4N4O2S. The van der Waals surface area contributed by atoms with Gasteiger partial charge in [0.15, 0.2) is 11.0 Å². The van der Waals surface area contributed by atoms with Crippen LogP contribution in [0.2, 0.25) is 0 Å². The summed E-state index contributed by atoms with van der Waals surface area (Å²) in [7, 11) is -1.53. The summed E-state index contributed by atoms with van der Waals surface area (Å²) in [4.78, 5) is 3.98. The van der Waals surface area contributed by atoms with Crippen molar-refractivity contribution in [1.82, 2.24) is 4.90 Å². The van der Waals surface area contributed by atoms with Crippen molar-refractivity contribution in [3.63, 3.8) is 0 Å². The first-order valence-corrected chi connectivity index (χ1v) is 13.4. The van der Waals surface area contributed by atoms with Crippen molar-refractivity contribution >= 4 is 22.7 Å². The number of hydrogen-bond acceptors (Lipinski definition) is 5. The molecule has 0 aromatic heterocycles. The Morgan fingerprint density at radius 2 is 1.70 bits per heavy atom. The number of alkyl halides is 3. The highest BCUT2D eigenvalue weighted by molar-refractivity contribution is 7.84. The second-order valence-electron chi connectivity index (χ2n) is 9.52. The lowest BCUT2D eigenvalue weighted by Gasteiger charge is -2.37. The summed E-state index contributed by atoms with van der Waals surface area (Å²) in [5.41, 5.74) is 7.45. The van der Waals surface area contributed by atoms with Gasteiger partial charge in [-0.1, -0.05) is 37.3 Å². The molecule has 11 heteroatoms. The molecule has 0 spiro atoms. The van der Waals surface area contributed by atoms with Gasteiger partial charge in [-0.2, -0.15) is 13.2 Å². The largest absolute Gasteiger partial charge is 0.457 e. The number of hydrogen-bond donors (Lipinski definition) is 1. The molecule has 6 nitrogen and oxygen atoms in total. The third-order valence-corrected chi connectivity index (χ3v) is 7.97. The zero-order valence-electron chi connectivity index (χ0n) is 21.3. The average molecular weight is 543 g/mol. The molecule has 1 fully saturated rings. The number of benzene rings is 2. The molecule has 2 unspecified atom stereocenters. The smallest absolute Gasteiger partial charge is 0.390 e.